The Morgan fingerprint density at radius 2 is 1.93 bits per heavy atom. The van der Waals surface area contributed by atoms with E-state index in [4.69, 9.17) is 0 Å². The summed E-state index contributed by atoms with van der Waals surface area (Å²) in [5.41, 5.74) is 4.82. The summed E-state index contributed by atoms with van der Waals surface area (Å²) in [6.07, 6.45) is 11.4. The fourth-order valence-corrected chi connectivity index (χ4v) is 4.68. The van der Waals surface area contributed by atoms with E-state index in [0.717, 1.165) is 41.1 Å². The summed E-state index contributed by atoms with van der Waals surface area (Å²) in [6, 6.07) is 19.1. The molecule has 5 rings (SSSR count). The lowest BCUT2D eigenvalue weighted by atomic mass is 9.89. The molecule has 0 fully saturated rings. The van der Waals surface area contributed by atoms with Gasteiger partial charge in [0.1, 0.15) is 5.54 Å². The highest BCUT2D eigenvalue weighted by Gasteiger charge is 2.29. The maximum atomic E-state index is 9.52. The standard InChI is InChI=1S/C26H22N4/c1-26(17-28)13-5-9-23(29-26)19-6-4-7-20(15-19)30-24-10-3-2-8-21(24)22-14-18(16-27)11-12-25(22)30/h2-3,5-6,8,10-15,23,29H,4,7,9H2,1H3. The van der Waals surface area contributed by atoms with E-state index in [2.05, 4.69) is 64.5 Å². The van der Waals surface area contributed by atoms with Gasteiger partial charge in [-0.05, 0) is 62.1 Å². The lowest BCUT2D eigenvalue weighted by Crippen LogP contribution is -2.48. The Morgan fingerprint density at radius 3 is 2.77 bits per heavy atom. The number of allylic oxidation sites excluding steroid dienone is 2. The van der Waals surface area contributed by atoms with Gasteiger partial charge in [-0.15, -0.1) is 0 Å². The van der Waals surface area contributed by atoms with Crippen LogP contribution in [0.1, 0.15) is 31.7 Å². The summed E-state index contributed by atoms with van der Waals surface area (Å²) in [5, 5.41) is 24.6. The maximum absolute atomic E-state index is 9.52. The third-order valence-electron chi connectivity index (χ3n) is 6.13. The first-order valence-electron chi connectivity index (χ1n) is 10.3. The van der Waals surface area contributed by atoms with Crippen molar-refractivity contribution in [3.8, 4) is 12.1 Å². The summed E-state index contributed by atoms with van der Waals surface area (Å²) in [5.74, 6) is 0. The summed E-state index contributed by atoms with van der Waals surface area (Å²) < 4.78 is 2.33. The molecule has 0 saturated carbocycles. The van der Waals surface area contributed by atoms with Gasteiger partial charge in [0, 0.05) is 22.5 Å². The predicted octanol–water partition coefficient (Wildman–Crippen LogP) is 5.43. The van der Waals surface area contributed by atoms with Crippen LogP contribution in [0.3, 0.4) is 0 Å². The van der Waals surface area contributed by atoms with Gasteiger partial charge >= 0.3 is 0 Å². The van der Waals surface area contributed by atoms with Crippen molar-refractivity contribution < 1.29 is 0 Å². The predicted molar refractivity (Wildman–Crippen MR) is 120 cm³/mol. The Hall–Kier alpha value is -3.60. The van der Waals surface area contributed by atoms with Crippen LogP contribution >= 0.6 is 0 Å². The largest absolute Gasteiger partial charge is 0.313 e. The molecule has 2 heterocycles. The molecule has 2 aliphatic rings. The third-order valence-corrected chi connectivity index (χ3v) is 6.13. The number of para-hydroxylation sites is 1. The van der Waals surface area contributed by atoms with E-state index in [1.807, 2.05) is 31.2 Å². The highest BCUT2D eigenvalue weighted by molar-refractivity contribution is 6.10. The van der Waals surface area contributed by atoms with Crippen LogP contribution in [0.2, 0.25) is 0 Å². The van der Waals surface area contributed by atoms with Crippen molar-refractivity contribution in [2.24, 2.45) is 0 Å². The van der Waals surface area contributed by atoms with Gasteiger partial charge in [-0.3, -0.25) is 5.32 Å². The van der Waals surface area contributed by atoms with E-state index in [-0.39, 0.29) is 6.04 Å². The zero-order valence-corrected chi connectivity index (χ0v) is 16.9. The maximum Gasteiger partial charge on any atom is 0.122 e. The van der Waals surface area contributed by atoms with Crippen molar-refractivity contribution in [2.75, 3.05) is 0 Å². The van der Waals surface area contributed by atoms with E-state index in [9.17, 15) is 10.5 Å². The molecule has 2 unspecified atom stereocenters. The van der Waals surface area contributed by atoms with E-state index < -0.39 is 5.54 Å². The number of aromatic nitrogens is 1. The van der Waals surface area contributed by atoms with Gasteiger partial charge in [-0.2, -0.15) is 10.5 Å². The molecule has 0 amide bonds. The van der Waals surface area contributed by atoms with E-state index in [0.29, 0.717) is 5.56 Å². The van der Waals surface area contributed by atoms with Crippen molar-refractivity contribution in [1.29, 1.82) is 10.5 Å². The van der Waals surface area contributed by atoms with Crippen LogP contribution in [0.25, 0.3) is 27.5 Å². The van der Waals surface area contributed by atoms with E-state index in [1.165, 1.54) is 11.3 Å². The molecule has 3 aromatic rings. The van der Waals surface area contributed by atoms with Crippen LogP contribution in [0.5, 0.6) is 0 Å². The molecule has 4 nitrogen and oxygen atoms in total. The molecule has 2 aromatic carbocycles. The minimum absolute atomic E-state index is 0.133. The van der Waals surface area contributed by atoms with Gasteiger partial charge in [-0.25, -0.2) is 0 Å². The minimum Gasteiger partial charge on any atom is -0.313 e. The fraction of sp³-hybridized carbons (Fsp3) is 0.231. The molecule has 1 N–H and O–H groups in total. The Morgan fingerprint density at radius 1 is 1.10 bits per heavy atom. The average Bonchev–Trinajstić information content (AvgIpc) is 3.13. The molecule has 4 heteroatoms. The Kier molecular flexibility index (Phi) is 4.31. The normalized spacial score (nSPS) is 23.6. The molecule has 0 bridgehead atoms. The Labute approximate surface area is 176 Å². The second-order valence-corrected chi connectivity index (χ2v) is 8.22. The van der Waals surface area contributed by atoms with Gasteiger partial charge in [0.05, 0.1) is 28.7 Å². The lowest BCUT2D eigenvalue weighted by molar-refractivity contribution is 0.451. The molecule has 146 valence electrons. The van der Waals surface area contributed by atoms with Crippen LogP contribution in [-0.4, -0.2) is 16.1 Å². The number of fused-ring (bicyclic) bond motifs is 3. The molecular weight excluding hydrogens is 368 g/mol. The minimum atomic E-state index is -0.629. The van der Waals surface area contributed by atoms with Crippen LogP contribution in [0.15, 0.2) is 72.3 Å². The van der Waals surface area contributed by atoms with Gasteiger partial charge in [0.15, 0.2) is 0 Å². The molecule has 1 aliphatic carbocycles. The molecule has 0 saturated heterocycles. The van der Waals surface area contributed by atoms with Crippen LogP contribution in [0, 0.1) is 22.7 Å². The SMILES string of the molecule is CC1(C#N)C=CCC(C2=CCCC(n3c4ccccc4c4cc(C#N)ccc43)=C2)N1. The van der Waals surface area contributed by atoms with Crippen molar-refractivity contribution >= 4 is 27.5 Å². The summed E-state index contributed by atoms with van der Waals surface area (Å²) >= 11 is 0. The highest BCUT2D eigenvalue weighted by Crippen LogP contribution is 2.36. The number of nitriles is 2. The van der Waals surface area contributed by atoms with E-state index in [1.54, 1.807) is 0 Å². The van der Waals surface area contributed by atoms with Crippen molar-refractivity contribution in [3.63, 3.8) is 0 Å². The Balaban J connectivity index is 1.64. The smallest absolute Gasteiger partial charge is 0.122 e. The van der Waals surface area contributed by atoms with Crippen molar-refractivity contribution in [3.05, 3.63) is 77.9 Å². The van der Waals surface area contributed by atoms with Crippen molar-refractivity contribution in [1.82, 2.24) is 9.88 Å². The molecular formula is C26H22N4. The Bertz CT molecular complexity index is 1340. The zero-order chi connectivity index (χ0) is 20.7. The van der Waals surface area contributed by atoms with Crippen LogP contribution < -0.4 is 5.32 Å². The van der Waals surface area contributed by atoms with Gasteiger partial charge in [0.25, 0.3) is 0 Å². The number of nitrogens with one attached hydrogen (secondary N) is 1. The van der Waals surface area contributed by atoms with Gasteiger partial charge in [0.2, 0.25) is 0 Å². The molecule has 0 spiro atoms. The highest BCUT2D eigenvalue weighted by atomic mass is 15.0. The van der Waals surface area contributed by atoms with Crippen LogP contribution in [-0.2, 0) is 0 Å². The second kappa shape index (κ2) is 7.02. The first-order chi connectivity index (χ1) is 14.6. The summed E-state index contributed by atoms with van der Waals surface area (Å²) in [6.45, 7) is 1.92. The van der Waals surface area contributed by atoms with Crippen molar-refractivity contribution in [2.45, 2.75) is 37.8 Å². The number of nitrogens with zero attached hydrogens (tertiary/aromatic N) is 3. The van der Waals surface area contributed by atoms with E-state index >= 15 is 0 Å². The van der Waals surface area contributed by atoms with Gasteiger partial charge in [-0.1, -0.05) is 36.4 Å². The van der Waals surface area contributed by atoms with Crippen LogP contribution in [0.4, 0.5) is 0 Å². The first kappa shape index (κ1) is 18.4. The summed E-state index contributed by atoms with van der Waals surface area (Å²) in [7, 11) is 0. The zero-order valence-electron chi connectivity index (χ0n) is 16.9. The number of hydrogen-bond acceptors (Lipinski definition) is 3. The number of benzene rings is 2. The summed E-state index contributed by atoms with van der Waals surface area (Å²) in [4.78, 5) is 0. The number of rotatable bonds is 2. The average molecular weight is 390 g/mol. The third kappa shape index (κ3) is 2.94. The molecule has 0 radical (unpaired) electrons. The molecule has 2 atom stereocenters. The second-order valence-electron chi connectivity index (χ2n) is 8.22. The quantitative estimate of drug-likeness (QED) is 0.594. The fourth-order valence-electron chi connectivity index (χ4n) is 4.68. The number of hydrogen-bond donors (Lipinski definition) is 1. The molecule has 30 heavy (non-hydrogen) atoms. The first-order valence-corrected chi connectivity index (χ1v) is 10.3. The topological polar surface area (TPSA) is 64.5 Å². The lowest BCUT2D eigenvalue weighted by Gasteiger charge is -2.32. The molecule has 1 aromatic heterocycles. The van der Waals surface area contributed by atoms with Gasteiger partial charge < -0.3 is 4.57 Å². The monoisotopic (exact) mass is 390 g/mol. The molecule has 1 aliphatic heterocycles.